The first kappa shape index (κ1) is 19.6. The van der Waals surface area contributed by atoms with Crippen LogP contribution in [0.3, 0.4) is 0 Å². The number of hydrogen-bond donors (Lipinski definition) is 1. The number of benzene rings is 2. The lowest BCUT2D eigenvalue weighted by Gasteiger charge is -2.51. The zero-order valence-electron chi connectivity index (χ0n) is 15.3. The van der Waals surface area contributed by atoms with Crippen LogP contribution in [-0.2, 0) is 9.53 Å². The number of amides is 1. The second-order valence-corrected chi connectivity index (χ2v) is 6.44. The topological polar surface area (TPSA) is 73.6 Å². The Morgan fingerprint density at radius 2 is 1.93 bits per heavy atom. The first-order chi connectivity index (χ1) is 13.6. The Morgan fingerprint density at radius 1 is 1.21 bits per heavy atom. The fourth-order valence-electron chi connectivity index (χ4n) is 3.44. The Morgan fingerprint density at radius 3 is 2.54 bits per heavy atom. The van der Waals surface area contributed by atoms with Gasteiger partial charge in [0.1, 0.15) is 18.5 Å². The number of methoxy groups -OCH3 is 1. The minimum absolute atomic E-state index is 0.133. The number of aliphatic hydroxyl groups is 1. The SMILES string of the molecule is COCC(=O)N1[C@H](C#N)[C@@H](c2ccc(C#Cc3ccccc3F)cc2)[C@H]1CO. The molecule has 0 spiro atoms. The number of likely N-dealkylation sites (tertiary alicyclic amines) is 1. The summed E-state index contributed by atoms with van der Waals surface area (Å²) in [5, 5.41) is 19.2. The summed E-state index contributed by atoms with van der Waals surface area (Å²) in [5.74, 6) is 4.73. The van der Waals surface area contributed by atoms with E-state index in [4.69, 9.17) is 4.74 Å². The predicted octanol–water partition coefficient (Wildman–Crippen LogP) is 2.05. The molecule has 0 aromatic heterocycles. The number of carbonyl (C=O) groups is 1. The molecule has 0 aliphatic carbocycles. The van der Waals surface area contributed by atoms with Crippen molar-refractivity contribution in [3.63, 3.8) is 0 Å². The monoisotopic (exact) mass is 378 g/mol. The van der Waals surface area contributed by atoms with Crippen LogP contribution < -0.4 is 0 Å². The highest BCUT2D eigenvalue weighted by Gasteiger charge is 2.51. The summed E-state index contributed by atoms with van der Waals surface area (Å²) < 4.78 is 18.5. The highest BCUT2D eigenvalue weighted by Crippen LogP contribution is 2.40. The Hall–Kier alpha value is -3.19. The Labute approximate surface area is 163 Å². The Kier molecular flexibility index (Phi) is 6.06. The minimum Gasteiger partial charge on any atom is -0.394 e. The highest BCUT2D eigenvalue weighted by molar-refractivity contribution is 5.80. The average Bonchev–Trinajstić information content (AvgIpc) is 2.68. The molecular formula is C22H19FN2O3. The molecule has 5 nitrogen and oxygen atoms in total. The molecule has 1 heterocycles. The number of rotatable bonds is 4. The molecule has 0 saturated carbocycles. The molecule has 1 amide bonds. The second-order valence-electron chi connectivity index (χ2n) is 6.44. The number of nitrogens with zero attached hydrogens (tertiary/aromatic N) is 2. The van der Waals surface area contributed by atoms with Crippen LogP contribution in [0.15, 0.2) is 48.5 Å². The van der Waals surface area contributed by atoms with Gasteiger partial charge in [-0.2, -0.15) is 5.26 Å². The number of nitriles is 1. The van der Waals surface area contributed by atoms with E-state index in [0.29, 0.717) is 11.1 Å². The maximum absolute atomic E-state index is 13.6. The van der Waals surface area contributed by atoms with Crippen molar-refractivity contribution in [1.82, 2.24) is 4.90 Å². The molecule has 1 saturated heterocycles. The van der Waals surface area contributed by atoms with Gasteiger partial charge >= 0.3 is 0 Å². The van der Waals surface area contributed by atoms with Gasteiger partial charge in [0.25, 0.3) is 0 Å². The zero-order valence-corrected chi connectivity index (χ0v) is 15.3. The van der Waals surface area contributed by atoms with Crippen molar-refractivity contribution < 1.29 is 19.0 Å². The molecule has 142 valence electrons. The van der Waals surface area contributed by atoms with Crippen molar-refractivity contribution in [1.29, 1.82) is 5.26 Å². The molecule has 3 atom stereocenters. The molecule has 1 N–H and O–H groups in total. The molecule has 1 fully saturated rings. The second kappa shape index (κ2) is 8.67. The van der Waals surface area contributed by atoms with E-state index in [0.717, 1.165) is 5.56 Å². The van der Waals surface area contributed by atoms with Gasteiger partial charge in [-0.25, -0.2) is 4.39 Å². The molecule has 28 heavy (non-hydrogen) atoms. The van der Waals surface area contributed by atoms with Gasteiger partial charge in [0.2, 0.25) is 5.91 Å². The average molecular weight is 378 g/mol. The summed E-state index contributed by atoms with van der Waals surface area (Å²) in [5.41, 5.74) is 1.86. The summed E-state index contributed by atoms with van der Waals surface area (Å²) in [4.78, 5) is 13.5. The third kappa shape index (κ3) is 3.75. The quantitative estimate of drug-likeness (QED) is 0.827. The van der Waals surface area contributed by atoms with E-state index in [1.54, 1.807) is 30.3 Å². The van der Waals surface area contributed by atoms with Crippen molar-refractivity contribution in [2.24, 2.45) is 0 Å². The van der Waals surface area contributed by atoms with E-state index in [2.05, 4.69) is 17.9 Å². The third-order valence-corrected chi connectivity index (χ3v) is 4.80. The van der Waals surface area contributed by atoms with E-state index in [-0.39, 0.29) is 30.9 Å². The number of carbonyl (C=O) groups excluding carboxylic acids is 1. The van der Waals surface area contributed by atoms with Crippen molar-refractivity contribution >= 4 is 5.91 Å². The van der Waals surface area contributed by atoms with Crippen LogP contribution >= 0.6 is 0 Å². The summed E-state index contributed by atoms with van der Waals surface area (Å²) in [6.07, 6.45) is 0. The van der Waals surface area contributed by atoms with E-state index < -0.39 is 12.1 Å². The minimum atomic E-state index is -0.657. The molecule has 2 aromatic carbocycles. The molecule has 3 rings (SSSR count). The molecule has 0 radical (unpaired) electrons. The standard InChI is InChI=1S/C22H19FN2O3/c1-28-14-21(27)25-19(12-24)22(20(25)13-26)17-10-7-15(8-11-17)6-9-16-4-2-3-5-18(16)23/h2-5,7-8,10-11,19-20,22,26H,13-14H2,1H3/t19-,20-,22-/m1/s1. The van der Waals surface area contributed by atoms with Gasteiger partial charge in [0, 0.05) is 18.6 Å². The smallest absolute Gasteiger partial charge is 0.249 e. The summed E-state index contributed by atoms with van der Waals surface area (Å²) in [6.45, 7) is -0.376. The van der Waals surface area contributed by atoms with Gasteiger partial charge in [-0.1, -0.05) is 36.1 Å². The fourth-order valence-corrected chi connectivity index (χ4v) is 3.44. The molecule has 0 bridgehead atoms. The van der Waals surface area contributed by atoms with Crippen molar-refractivity contribution in [3.05, 3.63) is 71.0 Å². The van der Waals surface area contributed by atoms with Crippen LogP contribution in [0.1, 0.15) is 22.6 Å². The van der Waals surface area contributed by atoms with Crippen molar-refractivity contribution in [3.8, 4) is 17.9 Å². The lowest BCUT2D eigenvalue weighted by molar-refractivity contribution is -0.150. The number of halogens is 1. The van der Waals surface area contributed by atoms with Gasteiger partial charge < -0.3 is 14.7 Å². The van der Waals surface area contributed by atoms with E-state index >= 15 is 0 Å². The molecular weight excluding hydrogens is 359 g/mol. The number of ether oxygens (including phenoxy) is 1. The van der Waals surface area contributed by atoms with Gasteiger partial charge in [-0.15, -0.1) is 0 Å². The third-order valence-electron chi connectivity index (χ3n) is 4.80. The van der Waals surface area contributed by atoms with Crippen molar-refractivity contribution in [2.75, 3.05) is 20.3 Å². The van der Waals surface area contributed by atoms with Crippen LogP contribution in [0, 0.1) is 29.0 Å². The normalized spacial score (nSPS) is 20.5. The molecule has 1 aliphatic heterocycles. The van der Waals surface area contributed by atoms with Crippen LogP contribution in [0.2, 0.25) is 0 Å². The zero-order chi connectivity index (χ0) is 20.1. The van der Waals surface area contributed by atoms with E-state index in [9.17, 15) is 19.6 Å². The van der Waals surface area contributed by atoms with Crippen LogP contribution in [0.4, 0.5) is 4.39 Å². The molecule has 1 aliphatic rings. The van der Waals surface area contributed by atoms with E-state index in [1.807, 2.05) is 12.1 Å². The first-order valence-corrected chi connectivity index (χ1v) is 8.77. The molecule has 6 heteroatoms. The predicted molar refractivity (Wildman–Crippen MR) is 101 cm³/mol. The van der Waals surface area contributed by atoms with Gasteiger partial charge in [0.05, 0.1) is 24.3 Å². The van der Waals surface area contributed by atoms with Gasteiger partial charge in [-0.3, -0.25) is 4.79 Å². The number of hydrogen-bond acceptors (Lipinski definition) is 4. The number of aliphatic hydroxyl groups excluding tert-OH is 1. The lowest BCUT2D eigenvalue weighted by atomic mass is 9.75. The summed E-state index contributed by atoms with van der Waals surface area (Å²) >= 11 is 0. The molecule has 2 aromatic rings. The van der Waals surface area contributed by atoms with Gasteiger partial charge in [0.15, 0.2) is 0 Å². The van der Waals surface area contributed by atoms with Gasteiger partial charge in [-0.05, 0) is 29.8 Å². The van der Waals surface area contributed by atoms with Crippen molar-refractivity contribution in [2.45, 2.75) is 18.0 Å². The lowest BCUT2D eigenvalue weighted by Crippen LogP contribution is -2.65. The highest BCUT2D eigenvalue weighted by atomic mass is 19.1. The Balaban J connectivity index is 1.79. The largest absolute Gasteiger partial charge is 0.394 e. The maximum Gasteiger partial charge on any atom is 0.249 e. The fraction of sp³-hybridized carbons (Fsp3) is 0.273. The first-order valence-electron chi connectivity index (χ1n) is 8.77. The molecule has 0 unspecified atom stereocenters. The van der Waals surface area contributed by atoms with Crippen LogP contribution in [0.5, 0.6) is 0 Å². The van der Waals surface area contributed by atoms with Crippen LogP contribution in [0.25, 0.3) is 0 Å². The summed E-state index contributed by atoms with van der Waals surface area (Å²) in [6, 6.07) is 14.5. The van der Waals surface area contributed by atoms with Crippen LogP contribution in [-0.4, -0.2) is 48.3 Å². The Bertz CT molecular complexity index is 956. The maximum atomic E-state index is 13.6. The summed E-state index contributed by atoms with van der Waals surface area (Å²) in [7, 11) is 1.41. The van der Waals surface area contributed by atoms with E-state index in [1.165, 1.54) is 18.1 Å².